The minimum absolute atomic E-state index is 0.234. The first kappa shape index (κ1) is 17.1. The normalized spacial score (nSPS) is 11.6. The van der Waals surface area contributed by atoms with Crippen LogP contribution in [-0.2, 0) is 16.6 Å². The topological polar surface area (TPSA) is 63.4 Å². The maximum absolute atomic E-state index is 12.7. The van der Waals surface area contributed by atoms with Gasteiger partial charge in [-0.15, -0.1) is 13.2 Å². The SMILES string of the molecule is C=CCN(CC=C)S(=O)(=O)c1cc(CN)cc(Br)c1C. The summed E-state index contributed by atoms with van der Waals surface area (Å²) in [5.74, 6) is 0. The van der Waals surface area contributed by atoms with Crippen LogP contribution in [0.25, 0.3) is 0 Å². The Balaban J connectivity index is 3.43. The summed E-state index contributed by atoms with van der Waals surface area (Å²) in [6.07, 6.45) is 3.11. The van der Waals surface area contributed by atoms with Gasteiger partial charge in [0.2, 0.25) is 10.0 Å². The molecule has 0 fully saturated rings. The van der Waals surface area contributed by atoms with E-state index in [0.29, 0.717) is 5.56 Å². The molecule has 0 bridgehead atoms. The van der Waals surface area contributed by atoms with E-state index in [9.17, 15) is 8.42 Å². The third kappa shape index (κ3) is 3.58. The minimum atomic E-state index is -3.61. The van der Waals surface area contributed by atoms with Gasteiger partial charge in [0, 0.05) is 24.1 Å². The largest absolute Gasteiger partial charge is 0.326 e. The van der Waals surface area contributed by atoms with Crippen molar-refractivity contribution in [2.75, 3.05) is 13.1 Å². The molecule has 6 heteroatoms. The van der Waals surface area contributed by atoms with Crippen molar-refractivity contribution < 1.29 is 8.42 Å². The summed E-state index contributed by atoms with van der Waals surface area (Å²) >= 11 is 3.38. The highest BCUT2D eigenvalue weighted by atomic mass is 79.9. The number of hydrogen-bond donors (Lipinski definition) is 1. The van der Waals surface area contributed by atoms with Gasteiger partial charge in [0.05, 0.1) is 4.90 Å². The van der Waals surface area contributed by atoms with Crippen molar-refractivity contribution in [2.24, 2.45) is 5.73 Å². The molecule has 0 amide bonds. The molecule has 1 aromatic rings. The summed E-state index contributed by atoms with van der Waals surface area (Å²) in [7, 11) is -3.61. The molecule has 0 atom stereocenters. The summed E-state index contributed by atoms with van der Waals surface area (Å²) in [4.78, 5) is 0.260. The van der Waals surface area contributed by atoms with Gasteiger partial charge >= 0.3 is 0 Å². The molecular formula is C14H19BrN2O2S. The standard InChI is InChI=1S/C14H19BrN2O2S/c1-4-6-17(7-5-2)20(18,19)14-9-12(10-16)8-13(15)11(14)3/h4-5,8-9H,1-2,6-7,10,16H2,3H3. The van der Waals surface area contributed by atoms with Gasteiger partial charge in [-0.2, -0.15) is 4.31 Å². The molecule has 0 saturated carbocycles. The van der Waals surface area contributed by atoms with E-state index in [4.69, 9.17) is 5.73 Å². The van der Waals surface area contributed by atoms with E-state index in [1.54, 1.807) is 25.1 Å². The van der Waals surface area contributed by atoms with E-state index in [2.05, 4.69) is 29.1 Å². The Kier molecular flexibility index (Phi) is 6.13. The first-order chi connectivity index (χ1) is 9.38. The predicted molar refractivity (Wildman–Crippen MR) is 85.9 cm³/mol. The lowest BCUT2D eigenvalue weighted by molar-refractivity contribution is 0.473. The van der Waals surface area contributed by atoms with Crippen molar-refractivity contribution >= 4 is 26.0 Å². The highest BCUT2D eigenvalue weighted by molar-refractivity contribution is 9.10. The van der Waals surface area contributed by atoms with Gasteiger partial charge in [0.1, 0.15) is 0 Å². The average Bonchev–Trinajstić information content (AvgIpc) is 2.41. The van der Waals surface area contributed by atoms with Crippen molar-refractivity contribution in [1.29, 1.82) is 0 Å². The lowest BCUT2D eigenvalue weighted by Gasteiger charge is -2.21. The van der Waals surface area contributed by atoms with Crippen LogP contribution >= 0.6 is 15.9 Å². The molecule has 0 aromatic heterocycles. The zero-order chi connectivity index (χ0) is 15.3. The summed E-state index contributed by atoms with van der Waals surface area (Å²) in [6, 6.07) is 3.45. The van der Waals surface area contributed by atoms with Gasteiger partial charge in [0.15, 0.2) is 0 Å². The second-order valence-electron chi connectivity index (χ2n) is 4.30. The molecule has 0 aliphatic carbocycles. The van der Waals surface area contributed by atoms with Crippen LogP contribution in [0.5, 0.6) is 0 Å². The molecule has 0 spiro atoms. The molecule has 0 saturated heterocycles. The van der Waals surface area contributed by atoms with E-state index in [1.807, 2.05) is 6.07 Å². The van der Waals surface area contributed by atoms with Gasteiger partial charge in [0.25, 0.3) is 0 Å². The Morgan fingerprint density at radius 1 is 1.30 bits per heavy atom. The van der Waals surface area contributed by atoms with E-state index in [-0.39, 0.29) is 24.5 Å². The number of halogens is 1. The van der Waals surface area contributed by atoms with Gasteiger partial charge in [-0.1, -0.05) is 28.1 Å². The molecule has 1 aromatic carbocycles. The molecule has 0 heterocycles. The molecule has 2 N–H and O–H groups in total. The molecule has 1 rings (SSSR count). The van der Waals surface area contributed by atoms with Crippen LogP contribution in [0.3, 0.4) is 0 Å². The van der Waals surface area contributed by atoms with Crippen molar-refractivity contribution in [3.8, 4) is 0 Å². The van der Waals surface area contributed by atoms with Gasteiger partial charge in [-0.05, 0) is 30.2 Å². The molecular weight excluding hydrogens is 340 g/mol. The fourth-order valence-electron chi connectivity index (χ4n) is 1.79. The van der Waals surface area contributed by atoms with Crippen LogP contribution < -0.4 is 5.73 Å². The van der Waals surface area contributed by atoms with Crippen LogP contribution in [0, 0.1) is 6.92 Å². The first-order valence-corrected chi connectivity index (χ1v) is 8.32. The number of nitrogens with zero attached hydrogens (tertiary/aromatic N) is 1. The van der Waals surface area contributed by atoms with E-state index >= 15 is 0 Å². The zero-order valence-corrected chi connectivity index (χ0v) is 13.9. The summed E-state index contributed by atoms with van der Waals surface area (Å²) in [5.41, 5.74) is 7.04. The van der Waals surface area contributed by atoms with Crippen LogP contribution in [0.1, 0.15) is 11.1 Å². The van der Waals surface area contributed by atoms with E-state index in [1.165, 1.54) is 4.31 Å². The summed E-state index contributed by atoms with van der Waals surface area (Å²) in [6.45, 7) is 9.70. The molecule has 20 heavy (non-hydrogen) atoms. The van der Waals surface area contributed by atoms with E-state index in [0.717, 1.165) is 10.0 Å². The second-order valence-corrected chi connectivity index (χ2v) is 7.06. The number of rotatable bonds is 7. The average molecular weight is 359 g/mol. The van der Waals surface area contributed by atoms with Crippen molar-refractivity contribution in [3.05, 3.63) is 53.0 Å². The number of nitrogens with two attached hydrogens (primary N) is 1. The number of hydrogen-bond acceptors (Lipinski definition) is 3. The van der Waals surface area contributed by atoms with Gasteiger partial charge in [-0.25, -0.2) is 8.42 Å². The Morgan fingerprint density at radius 2 is 1.85 bits per heavy atom. The minimum Gasteiger partial charge on any atom is -0.326 e. The Morgan fingerprint density at radius 3 is 2.30 bits per heavy atom. The number of sulfonamides is 1. The third-order valence-electron chi connectivity index (χ3n) is 2.88. The monoisotopic (exact) mass is 358 g/mol. The highest BCUT2D eigenvalue weighted by Gasteiger charge is 2.25. The fourth-order valence-corrected chi connectivity index (χ4v) is 4.11. The lowest BCUT2D eigenvalue weighted by Crippen LogP contribution is -2.32. The zero-order valence-electron chi connectivity index (χ0n) is 11.5. The second kappa shape index (κ2) is 7.17. The van der Waals surface area contributed by atoms with Crippen molar-refractivity contribution in [1.82, 2.24) is 4.31 Å². The Hall–Kier alpha value is -0.950. The molecule has 0 radical (unpaired) electrons. The summed E-state index contributed by atoms with van der Waals surface area (Å²) in [5, 5.41) is 0. The molecule has 0 aliphatic rings. The highest BCUT2D eigenvalue weighted by Crippen LogP contribution is 2.28. The van der Waals surface area contributed by atoms with Gasteiger partial charge in [-0.3, -0.25) is 0 Å². The van der Waals surface area contributed by atoms with Gasteiger partial charge < -0.3 is 5.73 Å². The van der Waals surface area contributed by atoms with Crippen molar-refractivity contribution in [2.45, 2.75) is 18.4 Å². The maximum Gasteiger partial charge on any atom is 0.243 e. The molecule has 0 unspecified atom stereocenters. The summed E-state index contributed by atoms with van der Waals surface area (Å²) < 4.78 is 27.5. The van der Waals surface area contributed by atoms with Crippen LogP contribution in [0.4, 0.5) is 0 Å². The smallest absolute Gasteiger partial charge is 0.243 e. The molecule has 4 nitrogen and oxygen atoms in total. The molecule has 110 valence electrons. The third-order valence-corrected chi connectivity index (χ3v) is 5.66. The van der Waals surface area contributed by atoms with Crippen LogP contribution in [0.15, 0.2) is 46.8 Å². The Labute approximate surface area is 129 Å². The predicted octanol–water partition coefficient (Wildman–Crippen LogP) is 2.58. The lowest BCUT2D eigenvalue weighted by atomic mass is 10.1. The fraction of sp³-hybridized carbons (Fsp3) is 0.286. The van der Waals surface area contributed by atoms with E-state index < -0.39 is 10.0 Å². The van der Waals surface area contributed by atoms with Crippen molar-refractivity contribution in [3.63, 3.8) is 0 Å². The maximum atomic E-state index is 12.7. The number of benzene rings is 1. The quantitative estimate of drug-likeness (QED) is 0.761. The van der Waals surface area contributed by atoms with Crippen LogP contribution in [0.2, 0.25) is 0 Å². The molecule has 0 aliphatic heterocycles. The Bertz CT molecular complexity index is 602. The first-order valence-electron chi connectivity index (χ1n) is 6.09. The van der Waals surface area contributed by atoms with Crippen LogP contribution in [-0.4, -0.2) is 25.8 Å².